The van der Waals surface area contributed by atoms with E-state index < -0.39 is 6.29 Å². The lowest BCUT2D eigenvalue weighted by Gasteiger charge is -2.25. The first-order valence-corrected chi connectivity index (χ1v) is 9.97. The fourth-order valence-electron chi connectivity index (χ4n) is 2.97. The average Bonchev–Trinajstić information content (AvgIpc) is 2.78. The lowest BCUT2D eigenvalue weighted by molar-refractivity contribution is -0.113. The Bertz CT molecular complexity index is 1010. The van der Waals surface area contributed by atoms with Crippen molar-refractivity contribution in [1.29, 1.82) is 0 Å². The van der Waals surface area contributed by atoms with Crippen LogP contribution in [0.15, 0.2) is 84.9 Å². The molecule has 152 valence electrons. The standard InChI is InChI=1S/C26H25NO3/c1-3-29-21(2)30-25-17-11-10-16-24(25)27(20-23-14-8-5-9-15-23)26(28)19-18-22-12-6-4-7-13-22/h4-17,21H,3,20H2,1-2H3. The van der Waals surface area contributed by atoms with Gasteiger partial charge in [0, 0.05) is 18.1 Å². The van der Waals surface area contributed by atoms with Crippen LogP contribution in [0, 0.1) is 11.8 Å². The minimum Gasteiger partial charge on any atom is -0.463 e. The van der Waals surface area contributed by atoms with Gasteiger partial charge in [0.2, 0.25) is 0 Å². The molecule has 0 saturated carbocycles. The fraction of sp³-hybridized carbons (Fsp3) is 0.192. The summed E-state index contributed by atoms with van der Waals surface area (Å²) in [5.41, 5.74) is 2.44. The van der Waals surface area contributed by atoms with Crippen molar-refractivity contribution < 1.29 is 14.3 Å². The number of carbonyl (C=O) groups excluding carboxylic acids is 1. The molecule has 3 rings (SSSR count). The SMILES string of the molecule is CCOC(C)Oc1ccccc1N(Cc1ccccc1)C(=O)C#Cc1ccccc1. The van der Waals surface area contributed by atoms with E-state index in [1.165, 1.54) is 0 Å². The Kier molecular flexibility index (Phi) is 7.65. The molecule has 0 bridgehead atoms. The quantitative estimate of drug-likeness (QED) is 0.413. The van der Waals surface area contributed by atoms with Crippen LogP contribution in [0.3, 0.4) is 0 Å². The van der Waals surface area contributed by atoms with Crippen LogP contribution < -0.4 is 9.64 Å². The molecule has 0 saturated heterocycles. The van der Waals surface area contributed by atoms with Crippen LogP contribution in [0.4, 0.5) is 5.69 Å². The molecule has 0 N–H and O–H groups in total. The second kappa shape index (κ2) is 10.8. The molecule has 4 heteroatoms. The maximum atomic E-state index is 13.2. The van der Waals surface area contributed by atoms with Gasteiger partial charge in [-0.05, 0) is 43.7 Å². The summed E-state index contributed by atoms with van der Waals surface area (Å²) in [6, 6.07) is 26.7. The van der Waals surface area contributed by atoms with Crippen molar-refractivity contribution >= 4 is 11.6 Å². The zero-order valence-electron chi connectivity index (χ0n) is 17.2. The molecule has 4 nitrogen and oxygen atoms in total. The zero-order valence-corrected chi connectivity index (χ0v) is 17.2. The third-order valence-corrected chi connectivity index (χ3v) is 4.37. The molecule has 0 heterocycles. The molecule has 3 aromatic carbocycles. The molecule has 0 aliphatic carbocycles. The minimum absolute atomic E-state index is 0.303. The Morgan fingerprint density at radius 1 is 0.933 bits per heavy atom. The summed E-state index contributed by atoms with van der Waals surface area (Å²) in [5.74, 6) is 6.00. The van der Waals surface area contributed by atoms with Gasteiger partial charge in [0.25, 0.3) is 0 Å². The highest BCUT2D eigenvalue weighted by atomic mass is 16.7. The summed E-state index contributed by atoms with van der Waals surface area (Å²) in [6.45, 7) is 4.67. The first kappa shape index (κ1) is 21.2. The number of ether oxygens (including phenoxy) is 2. The summed E-state index contributed by atoms with van der Waals surface area (Å²) in [7, 11) is 0. The first-order valence-electron chi connectivity index (χ1n) is 9.97. The average molecular weight is 399 g/mol. The number of carbonyl (C=O) groups is 1. The van der Waals surface area contributed by atoms with E-state index in [4.69, 9.17) is 9.47 Å². The molecule has 0 fully saturated rings. The highest BCUT2D eigenvalue weighted by Gasteiger charge is 2.20. The van der Waals surface area contributed by atoms with Gasteiger partial charge in [0.15, 0.2) is 6.29 Å². The van der Waals surface area contributed by atoms with E-state index >= 15 is 0 Å². The third kappa shape index (κ3) is 5.97. The Hall–Kier alpha value is -3.55. The van der Waals surface area contributed by atoms with E-state index in [0.717, 1.165) is 11.1 Å². The minimum atomic E-state index is -0.430. The Balaban J connectivity index is 1.94. The number of hydrogen-bond acceptors (Lipinski definition) is 3. The number of nitrogens with zero attached hydrogens (tertiary/aromatic N) is 1. The molecular weight excluding hydrogens is 374 g/mol. The second-order valence-corrected chi connectivity index (χ2v) is 6.60. The van der Waals surface area contributed by atoms with Crippen molar-refractivity contribution in [2.75, 3.05) is 11.5 Å². The molecule has 3 aromatic rings. The van der Waals surface area contributed by atoms with Gasteiger partial charge in [-0.25, -0.2) is 0 Å². The van der Waals surface area contributed by atoms with Crippen molar-refractivity contribution in [2.24, 2.45) is 0 Å². The lowest BCUT2D eigenvalue weighted by atomic mass is 10.1. The molecule has 30 heavy (non-hydrogen) atoms. The van der Waals surface area contributed by atoms with Gasteiger partial charge >= 0.3 is 5.91 Å². The van der Waals surface area contributed by atoms with Gasteiger partial charge < -0.3 is 9.47 Å². The number of hydrogen-bond donors (Lipinski definition) is 0. The molecule has 1 atom stereocenters. The summed E-state index contributed by atoms with van der Waals surface area (Å²) in [5, 5.41) is 0. The van der Waals surface area contributed by atoms with Crippen LogP contribution in [0.2, 0.25) is 0 Å². The molecular formula is C26H25NO3. The maximum Gasteiger partial charge on any atom is 0.303 e. The number of rotatable bonds is 7. The molecule has 1 amide bonds. The highest BCUT2D eigenvalue weighted by molar-refractivity contribution is 6.06. The highest BCUT2D eigenvalue weighted by Crippen LogP contribution is 2.30. The summed E-state index contributed by atoms with van der Waals surface area (Å²) >= 11 is 0. The smallest absolute Gasteiger partial charge is 0.303 e. The normalized spacial score (nSPS) is 11.1. The topological polar surface area (TPSA) is 38.8 Å². The largest absolute Gasteiger partial charge is 0.463 e. The van der Waals surface area contributed by atoms with Gasteiger partial charge in [-0.15, -0.1) is 0 Å². The number of benzene rings is 3. The van der Waals surface area contributed by atoms with E-state index in [9.17, 15) is 4.79 Å². The lowest BCUT2D eigenvalue weighted by Crippen LogP contribution is -2.30. The van der Waals surface area contributed by atoms with Gasteiger partial charge in [0.1, 0.15) is 5.75 Å². The van der Waals surface area contributed by atoms with Gasteiger partial charge in [-0.2, -0.15) is 0 Å². The number of anilines is 1. The van der Waals surface area contributed by atoms with Crippen LogP contribution in [-0.2, 0) is 16.1 Å². The summed E-state index contributed by atoms with van der Waals surface area (Å²) in [6.07, 6.45) is -0.430. The van der Waals surface area contributed by atoms with Crippen molar-refractivity contribution in [3.05, 3.63) is 96.1 Å². The zero-order chi connectivity index (χ0) is 21.2. The van der Waals surface area contributed by atoms with Crippen LogP contribution in [-0.4, -0.2) is 18.8 Å². The van der Waals surface area contributed by atoms with Gasteiger partial charge in [-0.3, -0.25) is 9.69 Å². The van der Waals surface area contributed by atoms with E-state index in [0.29, 0.717) is 24.6 Å². The van der Waals surface area contributed by atoms with E-state index in [1.807, 2.05) is 98.8 Å². The van der Waals surface area contributed by atoms with Gasteiger partial charge in [0.05, 0.1) is 12.2 Å². The van der Waals surface area contributed by atoms with E-state index in [1.54, 1.807) is 4.90 Å². The Labute approximate surface area is 178 Å². The van der Waals surface area contributed by atoms with Crippen molar-refractivity contribution in [3.8, 4) is 17.6 Å². The molecule has 0 radical (unpaired) electrons. The first-order chi connectivity index (χ1) is 14.7. The summed E-state index contributed by atoms with van der Waals surface area (Å²) < 4.78 is 11.5. The van der Waals surface area contributed by atoms with Gasteiger partial charge in [-0.1, -0.05) is 66.6 Å². The molecule has 1 unspecified atom stereocenters. The monoisotopic (exact) mass is 399 g/mol. The molecule has 0 aliphatic heterocycles. The Morgan fingerprint density at radius 2 is 1.57 bits per heavy atom. The third-order valence-electron chi connectivity index (χ3n) is 4.37. The number of para-hydroxylation sites is 2. The summed E-state index contributed by atoms with van der Waals surface area (Å²) in [4.78, 5) is 14.8. The molecule has 0 aliphatic rings. The van der Waals surface area contributed by atoms with E-state index in [2.05, 4.69) is 11.8 Å². The van der Waals surface area contributed by atoms with Crippen LogP contribution in [0.1, 0.15) is 25.0 Å². The number of amides is 1. The van der Waals surface area contributed by atoms with Crippen LogP contribution in [0.5, 0.6) is 5.75 Å². The predicted molar refractivity (Wildman–Crippen MR) is 119 cm³/mol. The van der Waals surface area contributed by atoms with Crippen LogP contribution in [0.25, 0.3) is 0 Å². The predicted octanol–water partition coefficient (Wildman–Crippen LogP) is 5.03. The molecule has 0 aromatic heterocycles. The van der Waals surface area contributed by atoms with Crippen molar-refractivity contribution in [3.63, 3.8) is 0 Å². The fourth-order valence-corrected chi connectivity index (χ4v) is 2.97. The maximum absolute atomic E-state index is 13.2. The van der Waals surface area contributed by atoms with Crippen molar-refractivity contribution in [2.45, 2.75) is 26.7 Å². The van der Waals surface area contributed by atoms with Crippen LogP contribution >= 0.6 is 0 Å². The van der Waals surface area contributed by atoms with Crippen molar-refractivity contribution in [1.82, 2.24) is 0 Å². The Morgan fingerprint density at radius 3 is 2.27 bits per heavy atom. The molecule has 0 spiro atoms. The second-order valence-electron chi connectivity index (χ2n) is 6.60. The van der Waals surface area contributed by atoms with E-state index in [-0.39, 0.29) is 5.91 Å².